The zero-order valence-corrected chi connectivity index (χ0v) is 12.7. The van der Waals surface area contributed by atoms with E-state index in [1.54, 1.807) is 16.8 Å². The van der Waals surface area contributed by atoms with Crippen molar-refractivity contribution in [2.24, 2.45) is 0 Å². The average molecular weight is 323 g/mol. The number of benzene rings is 1. The van der Waals surface area contributed by atoms with Crippen molar-refractivity contribution in [3.05, 3.63) is 45.2 Å². The highest BCUT2D eigenvalue weighted by Gasteiger charge is 2.19. The van der Waals surface area contributed by atoms with Crippen LogP contribution in [0.25, 0.3) is 5.69 Å². The number of rotatable bonds is 3. The van der Waals surface area contributed by atoms with E-state index < -0.39 is 5.97 Å². The highest BCUT2D eigenvalue weighted by Crippen LogP contribution is 2.26. The van der Waals surface area contributed by atoms with Gasteiger partial charge in [-0.15, -0.1) is 0 Å². The van der Waals surface area contributed by atoms with E-state index in [0.29, 0.717) is 10.2 Å². The van der Waals surface area contributed by atoms with Gasteiger partial charge in [-0.3, -0.25) is 0 Å². The average Bonchev–Trinajstić information content (AvgIpc) is 2.63. The molecule has 19 heavy (non-hydrogen) atoms. The van der Waals surface area contributed by atoms with Crippen molar-refractivity contribution in [3.8, 4) is 5.69 Å². The summed E-state index contributed by atoms with van der Waals surface area (Å²) in [6.45, 7) is 5.98. The van der Waals surface area contributed by atoms with Crippen LogP contribution in [0.1, 0.15) is 34.2 Å². The van der Waals surface area contributed by atoms with E-state index in [4.69, 9.17) is 0 Å². The maximum atomic E-state index is 11.4. The first-order chi connectivity index (χ1) is 8.97. The Kier molecular flexibility index (Phi) is 3.75. The number of hydrogen-bond acceptors (Lipinski definition) is 2. The van der Waals surface area contributed by atoms with Gasteiger partial charge in [-0.25, -0.2) is 9.48 Å². The Morgan fingerprint density at radius 2 is 2.11 bits per heavy atom. The first-order valence-electron chi connectivity index (χ1n) is 6.04. The monoisotopic (exact) mass is 322 g/mol. The summed E-state index contributed by atoms with van der Waals surface area (Å²) in [5, 5.41) is 13.8. The number of nitrogens with zero attached hydrogens (tertiary/aromatic N) is 2. The SMILES string of the molecule is CCc1c(C)nn(-c2cccc(Br)c2C(=O)O)c1C. The van der Waals surface area contributed by atoms with Crippen LogP contribution < -0.4 is 0 Å². The molecule has 5 heteroatoms. The Balaban J connectivity index is 2.73. The van der Waals surface area contributed by atoms with Crippen molar-refractivity contribution in [2.45, 2.75) is 27.2 Å². The molecule has 0 aliphatic heterocycles. The highest BCUT2D eigenvalue weighted by atomic mass is 79.9. The summed E-state index contributed by atoms with van der Waals surface area (Å²) in [6.07, 6.45) is 0.883. The summed E-state index contributed by atoms with van der Waals surface area (Å²) < 4.78 is 2.27. The lowest BCUT2D eigenvalue weighted by Crippen LogP contribution is -2.09. The Labute approximate surface area is 120 Å². The number of aromatic carboxylic acids is 1. The number of aryl methyl sites for hydroxylation is 1. The van der Waals surface area contributed by atoms with Gasteiger partial charge in [-0.1, -0.05) is 13.0 Å². The molecule has 0 aliphatic rings. The van der Waals surface area contributed by atoms with Gasteiger partial charge >= 0.3 is 5.97 Å². The second kappa shape index (κ2) is 5.17. The number of halogens is 1. The Hall–Kier alpha value is -1.62. The maximum absolute atomic E-state index is 11.4. The third-order valence-electron chi connectivity index (χ3n) is 3.23. The summed E-state index contributed by atoms with van der Waals surface area (Å²) in [4.78, 5) is 11.4. The number of hydrogen-bond donors (Lipinski definition) is 1. The Bertz CT molecular complexity index is 647. The molecule has 1 heterocycles. The fourth-order valence-electron chi connectivity index (χ4n) is 2.32. The number of carboxylic acid groups (broad SMARTS) is 1. The molecule has 1 aromatic heterocycles. The third-order valence-corrected chi connectivity index (χ3v) is 3.89. The van der Waals surface area contributed by atoms with Crippen LogP contribution in [0.3, 0.4) is 0 Å². The van der Waals surface area contributed by atoms with Crippen LogP contribution in [0, 0.1) is 13.8 Å². The summed E-state index contributed by atoms with van der Waals surface area (Å²) in [7, 11) is 0. The zero-order valence-electron chi connectivity index (χ0n) is 11.1. The van der Waals surface area contributed by atoms with Crippen molar-refractivity contribution in [3.63, 3.8) is 0 Å². The molecule has 0 unspecified atom stereocenters. The van der Waals surface area contributed by atoms with Crippen molar-refractivity contribution in [2.75, 3.05) is 0 Å². The van der Waals surface area contributed by atoms with E-state index in [-0.39, 0.29) is 5.56 Å². The van der Waals surface area contributed by atoms with Crippen LogP contribution in [0.15, 0.2) is 22.7 Å². The summed E-state index contributed by atoms with van der Waals surface area (Å²) in [6, 6.07) is 5.31. The molecule has 0 bridgehead atoms. The third kappa shape index (κ3) is 2.30. The van der Waals surface area contributed by atoms with Gasteiger partial charge in [-0.2, -0.15) is 5.10 Å². The molecule has 2 aromatic rings. The molecule has 0 radical (unpaired) electrons. The van der Waals surface area contributed by atoms with E-state index in [2.05, 4.69) is 28.0 Å². The van der Waals surface area contributed by atoms with Crippen molar-refractivity contribution < 1.29 is 9.90 Å². The van der Waals surface area contributed by atoms with Gasteiger partial charge in [0.15, 0.2) is 0 Å². The standard InChI is InChI=1S/C14H15BrN2O2/c1-4-10-8(2)16-17(9(10)3)12-7-5-6-11(15)13(12)14(18)19/h5-7H,4H2,1-3H3,(H,18,19). The van der Waals surface area contributed by atoms with Crippen LogP contribution in [0.2, 0.25) is 0 Å². The van der Waals surface area contributed by atoms with Crippen molar-refractivity contribution >= 4 is 21.9 Å². The number of carboxylic acids is 1. The second-order valence-electron chi connectivity index (χ2n) is 4.35. The number of aromatic nitrogens is 2. The van der Waals surface area contributed by atoms with E-state index in [0.717, 1.165) is 23.4 Å². The van der Waals surface area contributed by atoms with Gasteiger partial charge in [0.25, 0.3) is 0 Å². The fourth-order valence-corrected chi connectivity index (χ4v) is 2.85. The lowest BCUT2D eigenvalue weighted by Gasteiger charge is -2.10. The highest BCUT2D eigenvalue weighted by molar-refractivity contribution is 9.10. The van der Waals surface area contributed by atoms with Gasteiger partial charge in [0.1, 0.15) is 0 Å². The second-order valence-corrected chi connectivity index (χ2v) is 5.21. The lowest BCUT2D eigenvalue weighted by atomic mass is 10.1. The first-order valence-corrected chi connectivity index (χ1v) is 6.84. The van der Waals surface area contributed by atoms with Crippen molar-refractivity contribution in [1.82, 2.24) is 9.78 Å². The summed E-state index contributed by atoms with van der Waals surface area (Å²) in [5.74, 6) is -0.965. The predicted molar refractivity (Wildman–Crippen MR) is 77.1 cm³/mol. The minimum Gasteiger partial charge on any atom is -0.478 e. The van der Waals surface area contributed by atoms with Gasteiger partial charge < -0.3 is 5.11 Å². The van der Waals surface area contributed by atoms with E-state index >= 15 is 0 Å². The lowest BCUT2D eigenvalue weighted by molar-refractivity contribution is 0.0695. The molecular weight excluding hydrogens is 308 g/mol. The van der Waals surface area contributed by atoms with Gasteiger partial charge in [0.05, 0.1) is 16.9 Å². The van der Waals surface area contributed by atoms with Crippen LogP contribution in [0.4, 0.5) is 0 Å². The molecule has 2 rings (SSSR count). The molecular formula is C14H15BrN2O2. The molecule has 0 saturated carbocycles. The molecule has 100 valence electrons. The van der Waals surface area contributed by atoms with Crippen LogP contribution in [-0.2, 0) is 6.42 Å². The van der Waals surface area contributed by atoms with Crippen LogP contribution in [-0.4, -0.2) is 20.9 Å². The molecule has 0 fully saturated rings. The van der Waals surface area contributed by atoms with Gasteiger partial charge in [-0.05, 0) is 53.9 Å². The fraction of sp³-hybridized carbons (Fsp3) is 0.286. The topological polar surface area (TPSA) is 55.1 Å². The van der Waals surface area contributed by atoms with Gasteiger partial charge in [0, 0.05) is 10.2 Å². The normalized spacial score (nSPS) is 10.7. The smallest absolute Gasteiger partial charge is 0.339 e. The molecule has 0 aliphatic carbocycles. The quantitative estimate of drug-likeness (QED) is 0.940. The van der Waals surface area contributed by atoms with E-state index in [1.165, 1.54) is 0 Å². The molecule has 0 saturated heterocycles. The van der Waals surface area contributed by atoms with Crippen LogP contribution >= 0.6 is 15.9 Å². The minimum atomic E-state index is -0.965. The minimum absolute atomic E-state index is 0.232. The zero-order chi connectivity index (χ0) is 14.2. The molecule has 1 N–H and O–H groups in total. The van der Waals surface area contributed by atoms with E-state index in [1.807, 2.05) is 19.9 Å². The van der Waals surface area contributed by atoms with E-state index in [9.17, 15) is 9.90 Å². The molecule has 0 spiro atoms. The summed E-state index contributed by atoms with van der Waals surface area (Å²) >= 11 is 3.29. The molecule has 0 atom stereocenters. The molecule has 1 aromatic carbocycles. The largest absolute Gasteiger partial charge is 0.478 e. The Morgan fingerprint density at radius 1 is 1.42 bits per heavy atom. The summed E-state index contributed by atoms with van der Waals surface area (Å²) in [5.41, 5.74) is 3.91. The predicted octanol–water partition coefficient (Wildman–Crippen LogP) is 3.51. The van der Waals surface area contributed by atoms with Gasteiger partial charge in [0.2, 0.25) is 0 Å². The van der Waals surface area contributed by atoms with Crippen LogP contribution in [0.5, 0.6) is 0 Å². The maximum Gasteiger partial charge on any atom is 0.339 e. The molecule has 0 amide bonds. The Morgan fingerprint density at radius 3 is 2.63 bits per heavy atom. The molecule has 4 nitrogen and oxygen atoms in total. The van der Waals surface area contributed by atoms with Crippen molar-refractivity contribution in [1.29, 1.82) is 0 Å². The first kappa shape index (κ1) is 13.8. The number of carbonyl (C=O) groups is 1.